The number of nitrogens with one attached hydrogen (secondary N) is 2. The van der Waals surface area contributed by atoms with Crippen LogP contribution in [-0.2, 0) is 15.1 Å². The van der Waals surface area contributed by atoms with Gasteiger partial charge in [-0.25, -0.2) is 0 Å². The fraction of sp³-hybridized carbons (Fsp3) is 0.429. The molecule has 2 aliphatic rings. The molecule has 5 rings (SSSR count). The molecule has 0 aliphatic carbocycles. The minimum absolute atomic E-state index is 0.0604. The fourth-order valence-electron chi connectivity index (χ4n) is 5.98. The maximum atomic E-state index is 11.6. The molecule has 3 aromatic rings. The first-order chi connectivity index (χ1) is 21.5. The number of amides is 1. The Labute approximate surface area is 262 Å². The maximum Gasteiger partial charge on any atom is 0.303 e. The van der Waals surface area contributed by atoms with Crippen LogP contribution in [0.5, 0.6) is 0 Å². The molecule has 1 amide bonds. The van der Waals surface area contributed by atoms with E-state index < -0.39 is 5.97 Å². The van der Waals surface area contributed by atoms with Crippen LogP contribution >= 0.6 is 0 Å². The number of piperazine rings is 2. The standard InChI is InChI=1S/C25H29N3.C10H19N3O3/c1-4-10-22(11-5-1)25(23-12-6-2-7-13-23,24-14-8-3-9-15-24)27-18-21-28-19-16-26-17-20-28;11-3-4-12-5-7-13(8-6-12)9(14)1-2-10(15)16/h1-15,26-27H,16-21H2;1-8,11H2,(H,15,16). The quantitative estimate of drug-likeness (QED) is 0.235. The number of nitrogens with zero attached hydrogens (tertiary/aromatic N) is 3. The average Bonchev–Trinajstić information content (AvgIpc) is 3.08. The van der Waals surface area contributed by atoms with Crippen molar-refractivity contribution in [2.75, 3.05) is 78.5 Å². The summed E-state index contributed by atoms with van der Waals surface area (Å²) in [5.41, 5.74) is 8.90. The van der Waals surface area contributed by atoms with Crippen molar-refractivity contribution in [2.45, 2.75) is 18.4 Å². The number of carboxylic acid groups (broad SMARTS) is 1. The number of benzene rings is 3. The summed E-state index contributed by atoms with van der Waals surface area (Å²) in [6.45, 7) is 10.9. The molecule has 2 heterocycles. The number of hydrogen-bond acceptors (Lipinski definition) is 7. The Morgan fingerprint density at radius 3 is 1.64 bits per heavy atom. The van der Waals surface area contributed by atoms with Gasteiger partial charge in [-0.05, 0) is 16.7 Å². The molecule has 0 spiro atoms. The molecule has 3 aromatic carbocycles. The van der Waals surface area contributed by atoms with Crippen molar-refractivity contribution >= 4 is 11.9 Å². The summed E-state index contributed by atoms with van der Waals surface area (Å²) >= 11 is 0. The highest BCUT2D eigenvalue weighted by molar-refractivity contribution is 5.80. The van der Waals surface area contributed by atoms with Crippen molar-refractivity contribution in [2.24, 2.45) is 5.73 Å². The first-order valence-corrected chi connectivity index (χ1v) is 15.8. The predicted molar refractivity (Wildman–Crippen MR) is 175 cm³/mol. The lowest BCUT2D eigenvalue weighted by Crippen LogP contribution is -2.50. The van der Waals surface area contributed by atoms with Crippen LogP contribution in [0.25, 0.3) is 0 Å². The van der Waals surface area contributed by atoms with E-state index in [4.69, 9.17) is 10.8 Å². The van der Waals surface area contributed by atoms with Gasteiger partial charge in [-0.15, -0.1) is 0 Å². The van der Waals surface area contributed by atoms with Gasteiger partial charge in [0.2, 0.25) is 5.91 Å². The second kappa shape index (κ2) is 17.6. The molecule has 0 aromatic heterocycles. The number of aliphatic carboxylic acids is 1. The van der Waals surface area contributed by atoms with Gasteiger partial charge in [0.25, 0.3) is 0 Å². The Balaban J connectivity index is 0.000000236. The molecule has 9 nitrogen and oxygen atoms in total. The van der Waals surface area contributed by atoms with Crippen molar-refractivity contribution in [3.8, 4) is 0 Å². The highest BCUT2D eigenvalue weighted by atomic mass is 16.4. The van der Waals surface area contributed by atoms with E-state index in [1.807, 2.05) is 0 Å². The van der Waals surface area contributed by atoms with Crippen LogP contribution in [-0.4, -0.2) is 110 Å². The van der Waals surface area contributed by atoms with Crippen LogP contribution in [0, 0.1) is 0 Å². The minimum atomic E-state index is -0.921. The van der Waals surface area contributed by atoms with Crippen molar-refractivity contribution in [1.29, 1.82) is 0 Å². The van der Waals surface area contributed by atoms with Crippen LogP contribution in [0.1, 0.15) is 29.5 Å². The van der Waals surface area contributed by atoms with Gasteiger partial charge < -0.3 is 21.1 Å². The molecule has 2 saturated heterocycles. The molecule has 0 atom stereocenters. The van der Waals surface area contributed by atoms with Crippen LogP contribution in [0.3, 0.4) is 0 Å². The third kappa shape index (κ3) is 9.45. The summed E-state index contributed by atoms with van der Waals surface area (Å²) in [6.07, 6.45) is 0.0219. The Morgan fingerprint density at radius 1 is 0.705 bits per heavy atom. The molecular weight excluding hydrogens is 552 g/mol. The Hall–Kier alpha value is -3.60. The largest absolute Gasteiger partial charge is 0.481 e. The number of carboxylic acids is 1. The number of rotatable bonds is 12. The zero-order chi connectivity index (χ0) is 31.0. The predicted octanol–water partition coefficient (Wildman–Crippen LogP) is 2.43. The number of carbonyl (C=O) groups is 2. The van der Waals surface area contributed by atoms with Crippen LogP contribution in [0.2, 0.25) is 0 Å². The summed E-state index contributed by atoms with van der Waals surface area (Å²) in [6, 6.07) is 32.5. The molecule has 236 valence electrons. The third-order valence-electron chi connectivity index (χ3n) is 8.37. The van der Waals surface area contributed by atoms with E-state index in [2.05, 4.69) is 111 Å². The molecule has 2 aliphatic heterocycles. The normalized spacial score (nSPS) is 16.2. The molecule has 0 saturated carbocycles. The van der Waals surface area contributed by atoms with Gasteiger partial charge >= 0.3 is 5.97 Å². The van der Waals surface area contributed by atoms with Gasteiger partial charge in [0.15, 0.2) is 0 Å². The monoisotopic (exact) mass is 600 g/mol. The van der Waals surface area contributed by atoms with Gasteiger partial charge in [-0.1, -0.05) is 91.0 Å². The van der Waals surface area contributed by atoms with E-state index in [1.165, 1.54) is 16.7 Å². The summed E-state index contributed by atoms with van der Waals surface area (Å²) < 4.78 is 0. The van der Waals surface area contributed by atoms with Gasteiger partial charge in [0.1, 0.15) is 0 Å². The van der Waals surface area contributed by atoms with Gasteiger partial charge in [-0.3, -0.25) is 24.7 Å². The maximum absolute atomic E-state index is 11.6. The van der Waals surface area contributed by atoms with Crippen molar-refractivity contribution in [1.82, 2.24) is 25.3 Å². The van der Waals surface area contributed by atoms with E-state index in [1.54, 1.807) is 4.90 Å². The zero-order valence-corrected chi connectivity index (χ0v) is 25.7. The van der Waals surface area contributed by atoms with E-state index >= 15 is 0 Å². The average molecular weight is 601 g/mol. The summed E-state index contributed by atoms with van der Waals surface area (Å²) in [4.78, 5) is 28.4. The Kier molecular flexibility index (Phi) is 13.3. The van der Waals surface area contributed by atoms with Crippen LogP contribution in [0.15, 0.2) is 91.0 Å². The molecule has 0 radical (unpaired) electrons. The third-order valence-corrected chi connectivity index (χ3v) is 8.37. The molecular formula is C35H48N6O3. The molecule has 0 unspecified atom stereocenters. The smallest absolute Gasteiger partial charge is 0.303 e. The van der Waals surface area contributed by atoms with Crippen molar-refractivity contribution in [3.63, 3.8) is 0 Å². The molecule has 2 fully saturated rings. The topological polar surface area (TPSA) is 114 Å². The minimum Gasteiger partial charge on any atom is -0.481 e. The van der Waals surface area contributed by atoms with Crippen LogP contribution < -0.4 is 16.4 Å². The first-order valence-electron chi connectivity index (χ1n) is 15.8. The Morgan fingerprint density at radius 2 is 1.18 bits per heavy atom. The fourth-order valence-corrected chi connectivity index (χ4v) is 5.98. The lowest BCUT2D eigenvalue weighted by molar-refractivity contribution is -0.141. The lowest BCUT2D eigenvalue weighted by atomic mass is 9.77. The van der Waals surface area contributed by atoms with Crippen molar-refractivity contribution in [3.05, 3.63) is 108 Å². The molecule has 5 N–H and O–H groups in total. The zero-order valence-electron chi connectivity index (χ0n) is 25.7. The molecule has 9 heteroatoms. The lowest BCUT2D eigenvalue weighted by Gasteiger charge is -2.38. The second-order valence-electron chi connectivity index (χ2n) is 11.3. The van der Waals surface area contributed by atoms with E-state index in [0.29, 0.717) is 19.6 Å². The second-order valence-corrected chi connectivity index (χ2v) is 11.3. The summed E-state index contributed by atoms with van der Waals surface area (Å²) in [7, 11) is 0. The van der Waals surface area contributed by atoms with Crippen molar-refractivity contribution < 1.29 is 14.7 Å². The highest BCUT2D eigenvalue weighted by Gasteiger charge is 2.35. The highest BCUT2D eigenvalue weighted by Crippen LogP contribution is 2.36. The van der Waals surface area contributed by atoms with E-state index in [-0.39, 0.29) is 24.3 Å². The summed E-state index contributed by atoms with van der Waals surface area (Å²) in [5, 5.41) is 15.9. The molecule has 0 bridgehead atoms. The van der Waals surface area contributed by atoms with E-state index in [9.17, 15) is 9.59 Å². The van der Waals surface area contributed by atoms with Gasteiger partial charge in [0, 0.05) is 85.0 Å². The van der Waals surface area contributed by atoms with Crippen LogP contribution in [0.4, 0.5) is 0 Å². The van der Waals surface area contributed by atoms with Gasteiger partial charge in [-0.2, -0.15) is 0 Å². The first kappa shape index (κ1) is 33.3. The van der Waals surface area contributed by atoms with E-state index in [0.717, 1.165) is 58.9 Å². The van der Waals surface area contributed by atoms with Gasteiger partial charge in [0.05, 0.1) is 12.0 Å². The number of nitrogens with two attached hydrogens (primary N) is 1. The molecule has 44 heavy (non-hydrogen) atoms. The summed E-state index contributed by atoms with van der Waals surface area (Å²) in [5.74, 6) is -0.982. The SMILES string of the molecule is NCCN1CCN(C(=O)CCC(=O)O)CC1.c1ccc(C(NCCN2CCNCC2)(c2ccccc2)c2ccccc2)cc1. The Bertz CT molecular complexity index is 1150. The number of hydrogen-bond donors (Lipinski definition) is 4. The number of carbonyl (C=O) groups excluding carboxylic acids is 1.